The van der Waals surface area contributed by atoms with E-state index in [1.165, 1.54) is 4.68 Å². The number of benzene rings is 2. The highest BCUT2D eigenvalue weighted by molar-refractivity contribution is 5.76. The number of aromatic nitrogens is 3. The highest BCUT2D eigenvalue weighted by Crippen LogP contribution is 2.22. The average molecular weight is 282 g/mol. The van der Waals surface area contributed by atoms with Gasteiger partial charge in [-0.05, 0) is 29.8 Å². The topological polar surface area (TPSA) is 83.0 Å². The van der Waals surface area contributed by atoms with Gasteiger partial charge in [-0.3, -0.25) is 4.79 Å². The van der Waals surface area contributed by atoms with Crippen LogP contribution in [0, 0.1) is 0 Å². The van der Waals surface area contributed by atoms with Gasteiger partial charge >= 0.3 is 0 Å². The van der Waals surface area contributed by atoms with Gasteiger partial charge in [0.25, 0.3) is 5.56 Å². The first-order chi connectivity index (χ1) is 10.2. The number of nitrogen functional groups attached to an aromatic ring is 1. The van der Waals surface area contributed by atoms with Crippen molar-refractivity contribution in [1.29, 1.82) is 0 Å². The van der Waals surface area contributed by atoms with E-state index in [0.717, 1.165) is 5.56 Å². The summed E-state index contributed by atoms with van der Waals surface area (Å²) in [6.45, 7) is 0.310. The molecule has 0 atom stereocenters. The van der Waals surface area contributed by atoms with Crippen LogP contribution in [0.4, 0.5) is 5.69 Å². The minimum Gasteiger partial charge on any atom is -0.495 e. The van der Waals surface area contributed by atoms with Crippen molar-refractivity contribution in [1.82, 2.24) is 15.0 Å². The van der Waals surface area contributed by atoms with Crippen molar-refractivity contribution >= 4 is 16.6 Å². The second kappa shape index (κ2) is 5.24. The molecule has 0 spiro atoms. The summed E-state index contributed by atoms with van der Waals surface area (Å²) in [4.78, 5) is 12.3. The zero-order valence-electron chi connectivity index (χ0n) is 11.5. The number of hydrogen-bond donors (Lipinski definition) is 1. The van der Waals surface area contributed by atoms with Crippen LogP contribution in [0.1, 0.15) is 5.56 Å². The largest absolute Gasteiger partial charge is 0.495 e. The van der Waals surface area contributed by atoms with Crippen molar-refractivity contribution in [2.24, 2.45) is 0 Å². The third-order valence-corrected chi connectivity index (χ3v) is 3.26. The Morgan fingerprint density at radius 3 is 2.81 bits per heavy atom. The molecule has 21 heavy (non-hydrogen) atoms. The predicted octanol–water partition coefficient (Wildman–Crippen LogP) is 1.43. The summed E-state index contributed by atoms with van der Waals surface area (Å²) in [5.41, 5.74) is 7.67. The molecule has 6 nitrogen and oxygen atoms in total. The Morgan fingerprint density at radius 2 is 2.05 bits per heavy atom. The average Bonchev–Trinajstić information content (AvgIpc) is 2.51. The number of nitrogens with zero attached hydrogens (tertiary/aromatic N) is 3. The Labute approximate surface area is 120 Å². The molecular weight excluding hydrogens is 268 g/mol. The molecule has 0 bridgehead atoms. The highest BCUT2D eigenvalue weighted by atomic mass is 16.5. The SMILES string of the molecule is COc1ccc(Cn2nnc3ccccc3c2=O)cc1N. The normalized spacial score (nSPS) is 10.7. The molecule has 106 valence electrons. The van der Waals surface area contributed by atoms with E-state index in [9.17, 15) is 4.79 Å². The van der Waals surface area contributed by atoms with Gasteiger partial charge in [-0.1, -0.05) is 23.4 Å². The Kier molecular flexibility index (Phi) is 3.27. The van der Waals surface area contributed by atoms with Gasteiger partial charge in [-0.25, -0.2) is 4.68 Å². The van der Waals surface area contributed by atoms with Gasteiger partial charge < -0.3 is 10.5 Å². The number of ether oxygens (including phenoxy) is 1. The summed E-state index contributed by atoms with van der Waals surface area (Å²) in [5.74, 6) is 0.607. The van der Waals surface area contributed by atoms with E-state index in [0.29, 0.717) is 28.9 Å². The van der Waals surface area contributed by atoms with Crippen LogP contribution >= 0.6 is 0 Å². The Balaban J connectivity index is 2.00. The van der Waals surface area contributed by atoms with Crippen LogP contribution < -0.4 is 16.0 Å². The lowest BCUT2D eigenvalue weighted by Gasteiger charge is -2.08. The smallest absolute Gasteiger partial charge is 0.277 e. The third-order valence-electron chi connectivity index (χ3n) is 3.26. The maximum Gasteiger partial charge on any atom is 0.277 e. The molecule has 3 rings (SSSR count). The van der Waals surface area contributed by atoms with Gasteiger partial charge in [0, 0.05) is 0 Å². The first-order valence-corrected chi connectivity index (χ1v) is 6.44. The molecule has 3 aromatic rings. The zero-order chi connectivity index (χ0) is 14.8. The molecule has 1 aromatic heterocycles. The van der Waals surface area contributed by atoms with Crippen LogP contribution in [0.25, 0.3) is 10.9 Å². The minimum absolute atomic E-state index is 0.171. The van der Waals surface area contributed by atoms with Crippen molar-refractivity contribution in [2.45, 2.75) is 6.54 Å². The molecule has 0 aliphatic carbocycles. The van der Waals surface area contributed by atoms with Crippen molar-refractivity contribution in [3.8, 4) is 5.75 Å². The fourth-order valence-electron chi connectivity index (χ4n) is 2.18. The summed E-state index contributed by atoms with van der Waals surface area (Å²) in [6.07, 6.45) is 0. The van der Waals surface area contributed by atoms with E-state index >= 15 is 0 Å². The highest BCUT2D eigenvalue weighted by Gasteiger charge is 2.07. The standard InChI is InChI=1S/C15H14N4O2/c1-21-14-7-6-10(8-12(14)16)9-19-15(20)11-4-2-3-5-13(11)17-18-19/h2-8H,9,16H2,1H3. The molecule has 0 aliphatic heterocycles. The lowest BCUT2D eigenvalue weighted by atomic mass is 10.2. The molecule has 0 fully saturated rings. The lowest BCUT2D eigenvalue weighted by molar-refractivity contribution is 0.416. The van der Waals surface area contributed by atoms with Crippen LogP contribution in [-0.2, 0) is 6.54 Å². The van der Waals surface area contributed by atoms with Crippen LogP contribution in [0.15, 0.2) is 47.3 Å². The number of hydrogen-bond acceptors (Lipinski definition) is 5. The van der Waals surface area contributed by atoms with Gasteiger partial charge in [0.05, 0.1) is 24.7 Å². The van der Waals surface area contributed by atoms with E-state index in [1.54, 1.807) is 37.4 Å². The third kappa shape index (κ3) is 2.43. The fraction of sp³-hybridized carbons (Fsp3) is 0.133. The molecule has 2 aromatic carbocycles. The molecular formula is C15H14N4O2. The maximum atomic E-state index is 12.3. The lowest BCUT2D eigenvalue weighted by Crippen LogP contribution is -2.24. The molecule has 0 radical (unpaired) electrons. The van der Waals surface area contributed by atoms with Crippen molar-refractivity contribution in [3.63, 3.8) is 0 Å². The number of rotatable bonds is 3. The number of methoxy groups -OCH3 is 1. The Bertz CT molecular complexity index is 858. The molecule has 0 saturated carbocycles. The predicted molar refractivity (Wildman–Crippen MR) is 80.3 cm³/mol. The van der Waals surface area contributed by atoms with E-state index in [-0.39, 0.29) is 5.56 Å². The number of anilines is 1. The number of fused-ring (bicyclic) bond motifs is 1. The van der Waals surface area contributed by atoms with Gasteiger partial charge in [0.15, 0.2) is 0 Å². The Morgan fingerprint density at radius 1 is 1.24 bits per heavy atom. The summed E-state index contributed by atoms with van der Waals surface area (Å²) >= 11 is 0. The molecule has 6 heteroatoms. The van der Waals surface area contributed by atoms with Crippen molar-refractivity contribution in [2.75, 3.05) is 12.8 Å². The van der Waals surface area contributed by atoms with E-state index < -0.39 is 0 Å². The zero-order valence-corrected chi connectivity index (χ0v) is 11.5. The second-order valence-electron chi connectivity index (χ2n) is 4.65. The second-order valence-corrected chi connectivity index (χ2v) is 4.65. The first kappa shape index (κ1) is 13.1. The summed E-state index contributed by atoms with van der Waals surface area (Å²) in [5, 5.41) is 8.56. The van der Waals surface area contributed by atoms with Gasteiger partial charge in [0.1, 0.15) is 11.3 Å². The van der Waals surface area contributed by atoms with E-state index in [2.05, 4.69) is 10.3 Å². The number of nitrogens with two attached hydrogens (primary N) is 1. The molecule has 1 heterocycles. The monoisotopic (exact) mass is 282 g/mol. The molecule has 0 amide bonds. The molecule has 0 unspecified atom stereocenters. The summed E-state index contributed by atoms with van der Waals surface area (Å²) < 4.78 is 6.43. The minimum atomic E-state index is -0.171. The summed E-state index contributed by atoms with van der Waals surface area (Å²) in [6, 6.07) is 12.5. The van der Waals surface area contributed by atoms with Crippen LogP contribution in [0.2, 0.25) is 0 Å². The van der Waals surface area contributed by atoms with Gasteiger partial charge in [0.2, 0.25) is 0 Å². The van der Waals surface area contributed by atoms with E-state index in [4.69, 9.17) is 10.5 Å². The first-order valence-electron chi connectivity index (χ1n) is 6.44. The van der Waals surface area contributed by atoms with Gasteiger partial charge in [-0.2, -0.15) is 0 Å². The van der Waals surface area contributed by atoms with Gasteiger partial charge in [-0.15, -0.1) is 5.10 Å². The molecule has 2 N–H and O–H groups in total. The quantitative estimate of drug-likeness (QED) is 0.735. The Hall–Kier alpha value is -2.89. The van der Waals surface area contributed by atoms with Crippen LogP contribution in [-0.4, -0.2) is 22.1 Å². The van der Waals surface area contributed by atoms with E-state index in [1.807, 2.05) is 12.1 Å². The van der Waals surface area contributed by atoms with Crippen LogP contribution in [0.5, 0.6) is 5.75 Å². The molecule has 0 saturated heterocycles. The van der Waals surface area contributed by atoms with Crippen molar-refractivity contribution < 1.29 is 4.74 Å². The summed E-state index contributed by atoms with van der Waals surface area (Å²) in [7, 11) is 1.56. The van der Waals surface area contributed by atoms with Crippen molar-refractivity contribution in [3.05, 3.63) is 58.4 Å². The van der Waals surface area contributed by atoms with Crippen LogP contribution in [0.3, 0.4) is 0 Å². The fourth-order valence-corrected chi connectivity index (χ4v) is 2.18. The molecule has 0 aliphatic rings. The maximum absolute atomic E-state index is 12.3.